The average molecular weight is 436 g/mol. The maximum atomic E-state index is 13.6. The van der Waals surface area contributed by atoms with E-state index in [0.29, 0.717) is 28.6 Å². The van der Waals surface area contributed by atoms with Crippen molar-refractivity contribution in [3.63, 3.8) is 0 Å². The van der Waals surface area contributed by atoms with Crippen LogP contribution in [0.25, 0.3) is 5.78 Å². The molecule has 162 valence electrons. The highest BCUT2D eigenvalue weighted by Crippen LogP contribution is 2.36. The quantitative estimate of drug-likeness (QED) is 0.549. The van der Waals surface area contributed by atoms with E-state index < -0.39 is 0 Å². The maximum absolute atomic E-state index is 13.6. The molecular weight excluding hydrogens is 406 g/mol. The second-order valence-electron chi connectivity index (χ2n) is 8.84. The summed E-state index contributed by atoms with van der Waals surface area (Å²) >= 11 is 1.56. The Morgan fingerprint density at radius 2 is 1.90 bits per heavy atom. The normalized spacial score (nSPS) is 21.3. The molecule has 0 spiro atoms. The molecule has 1 saturated heterocycles. The summed E-state index contributed by atoms with van der Waals surface area (Å²) in [5.41, 5.74) is 3.84. The van der Waals surface area contributed by atoms with Crippen molar-refractivity contribution in [3.05, 3.63) is 52.8 Å². The summed E-state index contributed by atoms with van der Waals surface area (Å²) in [6, 6.07) is 10.5. The summed E-state index contributed by atoms with van der Waals surface area (Å²) < 4.78 is 1.78. The molecule has 1 saturated carbocycles. The van der Waals surface area contributed by atoms with Gasteiger partial charge in [-0.05, 0) is 63.1 Å². The minimum atomic E-state index is 0.198. The van der Waals surface area contributed by atoms with Crippen LogP contribution in [0.5, 0.6) is 0 Å². The number of hydrogen-bond donors (Lipinski definition) is 0. The van der Waals surface area contributed by atoms with Gasteiger partial charge in [0.25, 0.3) is 11.7 Å². The molecule has 2 aromatic heterocycles. The number of carbonyl (C=O) groups excluding carboxylic acids is 1. The fourth-order valence-corrected chi connectivity index (χ4v) is 6.06. The number of nitrogens with zero attached hydrogens (tertiary/aromatic N) is 5. The third-order valence-corrected chi connectivity index (χ3v) is 7.59. The third kappa shape index (κ3) is 4.07. The molecule has 0 radical (unpaired) electrons. The lowest BCUT2D eigenvalue weighted by Crippen LogP contribution is -2.49. The van der Waals surface area contributed by atoms with Crippen molar-refractivity contribution in [3.8, 4) is 0 Å². The van der Waals surface area contributed by atoms with Gasteiger partial charge in [0.05, 0.1) is 0 Å². The molecular formula is C24H29N5OS. The van der Waals surface area contributed by atoms with Crippen molar-refractivity contribution in [1.29, 1.82) is 0 Å². The summed E-state index contributed by atoms with van der Waals surface area (Å²) in [6.07, 6.45) is 7.40. The molecule has 1 aromatic carbocycles. The molecule has 31 heavy (non-hydrogen) atoms. The lowest BCUT2D eigenvalue weighted by Gasteiger charge is -2.44. The maximum Gasteiger partial charge on any atom is 0.254 e. The summed E-state index contributed by atoms with van der Waals surface area (Å²) in [5, 5.41) is 5.29. The highest BCUT2D eigenvalue weighted by molar-refractivity contribution is 7.98. The predicted octanol–water partition coefficient (Wildman–Crippen LogP) is 4.83. The van der Waals surface area contributed by atoms with E-state index in [1.807, 2.05) is 38.1 Å². The van der Waals surface area contributed by atoms with Crippen LogP contribution in [-0.2, 0) is 5.75 Å². The van der Waals surface area contributed by atoms with Crippen LogP contribution >= 0.6 is 11.8 Å². The number of benzene rings is 1. The first kappa shape index (κ1) is 20.5. The van der Waals surface area contributed by atoms with E-state index in [1.54, 1.807) is 16.3 Å². The summed E-state index contributed by atoms with van der Waals surface area (Å²) in [6.45, 7) is 4.86. The smallest absolute Gasteiger partial charge is 0.254 e. The van der Waals surface area contributed by atoms with Crippen LogP contribution in [0.15, 0.2) is 35.5 Å². The molecule has 2 fully saturated rings. The Morgan fingerprint density at radius 3 is 2.81 bits per heavy atom. The van der Waals surface area contributed by atoms with E-state index in [2.05, 4.69) is 26.0 Å². The Hall–Kier alpha value is -2.41. The van der Waals surface area contributed by atoms with Gasteiger partial charge in [0.2, 0.25) is 5.16 Å². The van der Waals surface area contributed by atoms with E-state index in [9.17, 15) is 4.79 Å². The van der Waals surface area contributed by atoms with Gasteiger partial charge >= 0.3 is 0 Å². The SMILES string of the molecule is Cc1cc(C)n2nc(SCc3ccccc3C(=O)N3CCCC4CCCCC43)nc2n1. The topological polar surface area (TPSA) is 63.4 Å². The number of thioether (sulfide) groups is 1. The van der Waals surface area contributed by atoms with Crippen molar-refractivity contribution < 1.29 is 4.79 Å². The second-order valence-corrected chi connectivity index (χ2v) is 9.79. The van der Waals surface area contributed by atoms with E-state index in [1.165, 1.54) is 25.7 Å². The molecule has 3 aromatic rings. The van der Waals surface area contributed by atoms with E-state index in [0.717, 1.165) is 41.9 Å². The number of carbonyl (C=O) groups is 1. The van der Waals surface area contributed by atoms with Gasteiger partial charge in [-0.1, -0.05) is 42.8 Å². The number of amides is 1. The van der Waals surface area contributed by atoms with Gasteiger partial charge in [-0.15, -0.1) is 5.10 Å². The highest BCUT2D eigenvalue weighted by atomic mass is 32.2. The lowest BCUT2D eigenvalue weighted by atomic mass is 9.78. The first-order chi connectivity index (χ1) is 15.1. The zero-order valence-corrected chi connectivity index (χ0v) is 19.1. The molecule has 6 nitrogen and oxygen atoms in total. The minimum Gasteiger partial charge on any atom is -0.335 e. The monoisotopic (exact) mass is 435 g/mol. The van der Waals surface area contributed by atoms with Crippen molar-refractivity contribution >= 4 is 23.4 Å². The molecule has 5 rings (SSSR count). The zero-order chi connectivity index (χ0) is 21.4. The van der Waals surface area contributed by atoms with Crippen LogP contribution < -0.4 is 0 Å². The van der Waals surface area contributed by atoms with Gasteiger partial charge in [0.15, 0.2) is 0 Å². The van der Waals surface area contributed by atoms with Crippen LogP contribution in [0.1, 0.15) is 65.8 Å². The van der Waals surface area contributed by atoms with E-state index in [4.69, 9.17) is 0 Å². The molecule has 1 amide bonds. The molecule has 2 atom stereocenters. The first-order valence-electron chi connectivity index (χ1n) is 11.3. The molecule has 2 unspecified atom stereocenters. The first-order valence-corrected chi connectivity index (χ1v) is 12.3. The number of rotatable bonds is 4. The summed E-state index contributed by atoms with van der Waals surface area (Å²) in [4.78, 5) is 24.8. The van der Waals surface area contributed by atoms with Crippen molar-refractivity contribution in [2.45, 2.75) is 69.3 Å². The van der Waals surface area contributed by atoms with Crippen LogP contribution in [0, 0.1) is 19.8 Å². The average Bonchev–Trinajstić information content (AvgIpc) is 3.20. The molecule has 0 bridgehead atoms. The van der Waals surface area contributed by atoms with Crippen LogP contribution in [-0.4, -0.2) is 43.0 Å². The Labute approximate surface area is 187 Å². The molecule has 1 aliphatic heterocycles. The van der Waals surface area contributed by atoms with Gasteiger partial charge in [-0.2, -0.15) is 4.98 Å². The molecule has 0 N–H and O–H groups in total. The molecule has 7 heteroatoms. The second kappa shape index (κ2) is 8.61. The minimum absolute atomic E-state index is 0.198. The van der Waals surface area contributed by atoms with Crippen molar-refractivity contribution in [2.75, 3.05) is 6.54 Å². The Morgan fingerprint density at radius 1 is 1.10 bits per heavy atom. The van der Waals surface area contributed by atoms with Gasteiger partial charge in [-0.25, -0.2) is 9.50 Å². The van der Waals surface area contributed by atoms with Crippen LogP contribution in [0.3, 0.4) is 0 Å². The zero-order valence-electron chi connectivity index (χ0n) is 18.3. The van der Waals surface area contributed by atoms with Gasteiger partial charge in [-0.3, -0.25) is 4.79 Å². The number of piperidine rings is 1. The highest BCUT2D eigenvalue weighted by Gasteiger charge is 2.36. The number of aryl methyl sites for hydroxylation is 2. The molecule has 2 aliphatic rings. The summed E-state index contributed by atoms with van der Waals surface area (Å²) in [5.74, 6) is 2.18. The standard InChI is InChI=1S/C24H29N5OS/c1-16-14-17(2)29-23(25-16)26-24(27-29)31-15-19-9-3-5-11-20(19)22(30)28-13-7-10-18-8-4-6-12-21(18)28/h3,5,9,11,14,18,21H,4,6-8,10,12-13,15H2,1-2H3. The molecule has 3 heterocycles. The van der Waals surface area contributed by atoms with Gasteiger partial charge < -0.3 is 4.90 Å². The Kier molecular flexibility index (Phi) is 5.69. The van der Waals surface area contributed by atoms with Crippen LogP contribution in [0.2, 0.25) is 0 Å². The number of likely N-dealkylation sites (tertiary alicyclic amines) is 1. The largest absolute Gasteiger partial charge is 0.335 e. The molecule has 1 aliphatic carbocycles. The van der Waals surface area contributed by atoms with E-state index in [-0.39, 0.29) is 5.91 Å². The number of hydrogen-bond acceptors (Lipinski definition) is 5. The van der Waals surface area contributed by atoms with Gasteiger partial charge in [0, 0.05) is 35.3 Å². The number of fused-ring (bicyclic) bond motifs is 2. The summed E-state index contributed by atoms with van der Waals surface area (Å²) in [7, 11) is 0. The third-order valence-electron chi connectivity index (χ3n) is 6.71. The van der Waals surface area contributed by atoms with Crippen molar-refractivity contribution in [2.24, 2.45) is 5.92 Å². The predicted molar refractivity (Wildman–Crippen MR) is 122 cm³/mol. The number of aromatic nitrogens is 4. The Balaban J connectivity index is 1.36. The fraction of sp³-hybridized carbons (Fsp3) is 0.500. The fourth-order valence-electron chi connectivity index (χ4n) is 5.24. The van der Waals surface area contributed by atoms with E-state index >= 15 is 0 Å². The van der Waals surface area contributed by atoms with Crippen LogP contribution in [0.4, 0.5) is 0 Å². The lowest BCUT2D eigenvalue weighted by molar-refractivity contribution is 0.0390. The van der Waals surface area contributed by atoms with Gasteiger partial charge in [0.1, 0.15) is 0 Å². The van der Waals surface area contributed by atoms with Crippen molar-refractivity contribution in [1.82, 2.24) is 24.5 Å². The Bertz CT molecular complexity index is 1110.